The summed E-state index contributed by atoms with van der Waals surface area (Å²) < 4.78 is 0.482. The smallest absolute Gasteiger partial charge is 0.305 e. The van der Waals surface area contributed by atoms with E-state index in [-0.39, 0.29) is 27.6 Å². The fraction of sp³-hybridized carbons (Fsp3) is 0.273. The van der Waals surface area contributed by atoms with Gasteiger partial charge in [0.2, 0.25) is 5.91 Å². The highest BCUT2D eigenvalue weighted by atomic mass is 79.9. The molecule has 13 heteroatoms. The van der Waals surface area contributed by atoms with Gasteiger partial charge in [0.15, 0.2) is 5.96 Å². The van der Waals surface area contributed by atoms with Crippen molar-refractivity contribution < 1.29 is 29.7 Å². The van der Waals surface area contributed by atoms with Gasteiger partial charge < -0.3 is 36.6 Å². The number of carboxylic acid groups (broad SMARTS) is 1. The van der Waals surface area contributed by atoms with E-state index in [4.69, 9.17) is 11.6 Å². The van der Waals surface area contributed by atoms with Crippen LogP contribution in [-0.4, -0.2) is 58.7 Å². The molecule has 0 bridgehead atoms. The van der Waals surface area contributed by atoms with Crippen molar-refractivity contribution in [1.82, 2.24) is 16.0 Å². The van der Waals surface area contributed by atoms with Crippen LogP contribution in [0.15, 0.2) is 39.8 Å². The van der Waals surface area contributed by atoms with Crippen LogP contribution in [0.2, 0.25) is 5.02 Å². The number of hydrogen-bond donors (Lipinski definition) is 7. The Bertz CT molecular complexity index is 1180. The summed E-state index contributed by atoms with van der Waals surface area (Å²) in [6.45, 7) is 0.924. The van der Waals surface area contributed by atoms with Gasteiger partial charge in [-0.3, -0.25) is 19.4 Å². The Labute approximate surface area is 213 Å². The van der Waals surface area contributed by atoms with Crippen molar-refractivity contribution in [3.05, 3.63) is 51.0 Å². The number of rotatable bonds is 8. The van der Waals surface area contributed by atoms with Crippen LogP contribution < -0.4 is 21.3 Å². The summed E-state index contributed by atoms with van der Waals surface area (Å²) in [4.78, 5) is 40.7. The first-order valence-corrected chi connectivity index (χ1v) is 11.7. The van der Waals surface area contributed by atoms with E-state index in [0.717, 1.165) is 13.0 Å². The van der Waals surface area contributed by atoms with Gasteiger partial charge in [-0.2, -0.15) is 0 Å². The Kier molecular flexibility index (Phi) is 8.77. The molecule has 0 spiro atoms. The minimum atomic E-state index is -1.22. The average Bonchev–Trinajstić information content (AvgIpc) is 2.79. The Morgan fingerprint density at radius 1 is 1.17 bits per heavy atom. The van der Waals surface area contributed by atoms with E-state index >= 15 is 0 Å². The molecule has 0 aliphatic carbocycles. The molecule has 7 N–H and O–H groups in total. The third kappa shape index (κ3) is 7.49. The van der Waals surface area contributed by atoms with E-state index < -0.39 is 36.8 Å². The lowest BCUT2D eigenvalue weighted by atomic mass is 10.0. The van der Waals surface area contributed by atoms with Gasteiger partial charge in [0.1, 0.15) is 11.5 Å². The second-order valence-electron chi connectivity index (χ2n) is 7.63. The molecule has 2 aromatic carbocycles. The molecule has 0 saturated carbocycles. The predicted molar refractivity (Wildman–Crippen MR) is 133 cm³/mol. The molecule has 1 atom stereocenters. The van der Waals surface area contributed by atoms with Gasteiger partial charge in [-0.1, -0.05) is 27.5 Å². The predicted octanol–water partition coefficient (Wildman–Crippen LogP) is 2.34. The molecule has 0 aromatic heterocycles. The Hall–Kier alpha value is -3.51. The topological polar surface area (TPSA) is 172 Å². The zero-order valence-corrected chi connectivity index (χ0v) is 20.6. The summed E-state index contributed by atoms with van der Waals surface area (Å²) in [6, 6.07) is 5.92. The fourth-order valence-corrected chi connectivity index (χ4v) is 4.17. The van der Waals surface area contributed by atoms with Crippen LogP contribution >= 0.6 is 27.5 Å². The summed E-state index contributed by atoms with van der Waals surface area (Å²) in [5.74, 6) is -2.55. The van der Waals surface area contributed by atoms with Crippen LogP contribution in [0.25, 0.3) is 0 Å². The number of guanidine groups is 1. The molecule has 0 saturated heterocycles. The number of phenols is 2. The van der Waals surface area contributed by atoms with Crippen LogP contribution in [0, 0.1) is 0 Å². The molecule has 1 aliphatic rings. The van der Waals surface area contributed by atoms with Gasteiger partial charge in [-0.25, -0.2) is 0 Å². The zero-order valence-electron chi connectivity index (χ0n) is 18.3. The van der Waals surface area contributed by atoms with Crippen molar-refractivity contribution in [1.29, 1.82) is 0 Å². The van der Waals surface area contributed by atoms with Gasteiger partial charge in [-0.05, 0) is 30.7 Å². The number of anilines is 1. The van der Waals surface area contributed by atoms with Crippen molar-refractivity contribution in [2.75, 3.05) is 25.0 Å². The van der Waals surface area contributed by atoms with Crippen molar-refractivity contribution in [3.8, 4) is 11.5 Å². The maximum atomic E-state index is 12.6. The molecule has 0 fully saturated rings. The maximum absolute atomic E-state index is 12.6. The number of aliphatic imine (C=N–C) groups is 1. The normalized spacial score (nSPS) is 13.7. The highest BCUT2D eigenvalue weighted by Crippen LogP contribution is 2.36. The van der Waals surface area contributed by atoms with Crippen LogP contribution in [0.4, 0.5) is 5.69 Å². The van der Waals surface area contributed by atoms with Crippen LogP contribution in [0.1, 0.15) is 34.8 Å². The fourth-order valence-electron chi connectivity index (χ4n) is 3.34. The maximum Gasteiger partial charge on any atom is 0.305 e. The first kappa shape index (κ1) is 26.1. The first-order valence-electron chi connectivity index (χ1n) is 10.5. The summed E-state index contributed by atoms with van der Waals surface area (Å²) in [5, 5.41) is 40.4. The number of nitrogens with one attached hydrogen (secondary N) is 4. The van der Waals surface area contributed by atoms with E-state index in [2.05, 4.69) is 42.2 Å². The lowest BCUT2D eigenvalue weighted by Gasteiger charge is -2.20. The second-order valence-corrected chi connectivity index (χ2v) is 8.95. The van der Waals surface area contributed by atoms with Gasteiger partial charge in [0.05, 0.1) is 24.0 Å². The van der Waals surface area contributed by atoms with Gasteiger partial charge in [-0.15, -0.1) is 0 Å². The molecular weight excluding hydrogens is 546 g/mol. The molecule has 0 radical (unpaired) electrons. The number of halogens is 2. The summed E-state index contributed by atoms with van der Waals surface area (Å²) in [6.07, 6.45) is 0.377. The number of carbonyl (C=O) groups excluding carboxylic acids is 2. The largest absolute Gasteiger partial charge is 0.508 e. The van der Waals surface area contributed by atoms with Crippen LogP contribution in [-0.2, 0) is 9.59 Å². The summed E-state index contributed by atoms with van der Waals surface area (Å²) >= 11 is 9.18. The number of benzene rings is 2. The highest BCUT2D eigenvalue weighted by molar-refractivity contribution is 9.10. The van der Waals surface area contributed by atoms with E-state index in [1.165, 1.54) is 30.3 Å². The molecule has 3 rings (SSSR count). The van der Waals surface area contributed by atoms with E-state index in [1.807, 2.05) is 0 Å². The molecule has 1 aliphatic heterocycles. The number of phenolic OH excluding ortho intramolecular Hbond substituents is 2. The van der Waals surface area contributed by atoms with E-state index in [1.54, 1.807) is 0 Å². The number of hydrogen-bond acceptors (Lipinski definition) is 8. The molecular formula is C22H23BrClN5O6. The monoisotopic (exact) mass is 567 g/mol. The molecule has 186 valence electrons. The number of aliphatic carboxylic acids is 1. The average molecular weight is 569 g/mol. The number of carboxylic acids is 1. The van der Waals surface area contributed by atoms with Gasteiger partial charge >= 0.3 is 5.97 Å². The van der Waals surface area contributed by atoms with Crippen molar-refractivity contribution in [2.24, 2.45) is 4.99 Å². The highest BCUT2D eigenvalue weighted by Gasteiger charge is 2.23. The second kappa shape index (κ2) is 11.8. The summed E-state index contributed by atoms with van der Waals surface area (Å²) in [7, 11) is 0. The minimum Gasteiger partial charge on any atom is -0.508 e. The summed E-state index contributed by atoms with van der Waals surface area (Å²) in [5.41, 5.74) is 0.626. The molecule has 2 aromatic rings. The first-order chi connectivity index (χ1) is 16.6. The SMILES string of the molecule is O=C(O)C[C@H](NC(=O)CNC(=O)c1cc(O)cc(NC2=NCCCN2)c1)c1cc(Br)cc(Cl)c1O. The third-order valence-electron chi connectivity index (χ3n) is 4.90. The van der Waals surface area contributed by atoms with Gasteiger partial charge in [0.25, 0.3) is 5.91 Å². The standard InChI is InChI=1S/C22H23BrClN5O6/c23-12-6-15(20(34)16(24)7-12)17(9-19(32)33)29-18(31)10-27-21(35)11-4-13(8-14(30)5-11)28-22-25-2-1-3-26-22/h4-8,17,30,34H,1-3,9-10H2,(H,27,35)(H,29,31)(H,32,33)(H2,25,26,28)/t17-/m0/s1. The molecule has 2 amide bonds. The number of aromatic hydroxyl groups is 2. The van der Waals surface area contributed by atoms with E-state index in [0.29, 0.717) is 22.7 Å². The number of nitrogens with zero attached hydrogens (tertiary/aromatic N) is 1. The van der Waals surface area contributed by atoms with E-state index in [9.17, 15) is 29.7 Å². The molecule has 11 nitrogen and oxygen atoms in total. The molecule has 0 unspecified atom stereocenters. The van der Waals surface area contributed by atoms with Crippen molar-refractivity contribution in [3.63, 3.8) is 0 Å². The van der Waals surface area contributed by atoms with Crippen LogP contribution in [0.5, 0.6) is 11.5 Å². The Morgan fingerprint density at radius 2 is 1.94 bits per heavy atom. The Balaban J connectivity index is 1.66. The molecule has 1 heterocycles. The lowest BCUT2D eigenvalue weighted by Crippen LogP contribution is -2.39. The third-order valence-corrected chi connectivity index (χ3v) is 5.64. The number of carbonyl (C=O) groups is 3. The Morgan fingerprint density at radius 3 is 2.63 bits per heavy atom. The van der Waals surface area contributed by atoms with Crippen molar-refractivity contribution in [2.45, 2.75) is 18.9 Å². The molecule has 35 heavy (non-hydrogen) atoms. The van der Waals surface area contributed by atoms with Crippen molar-refractivity contribution >= 4 is 57.0 Å². The quantitative estimate of drug-likeness (QED) is 0.254. The van der Waals surface area contributed by atoms with Gasteiger partial charge in [0, 0.05) is 40.4 Å². The number of amides is 2. The minimum absolute atomic E-state index is 0.0185. The van der Waals surface area contributed by atoms with Crippen LogP contribution in [0.3, 0.4) is 0 Å². The zero-order chi connectivity index (χ0) is 25.5. The lowest BCUT2D eigenvalue weighted by molar-refractivity contribution is -0.137.